The van der Waals surface area contributed by atoms with Gasteiger partial charge in [0, 0.05) is 31.6 Å². The minimum Gasteiger partial charge on any atom is -0.378 e. The van der Waals surface area contributed by atoms with Gasteiger partial charge in [0.15, 0.2) is 0 Å². The third kappa shape index (κ3) is 2.96. The smallest absolute Gasteiger partial charge is 0.228 e. The molecule has 0 N–H and O–H groups in total. The monoisotopic (exact) mass is 314 g/mol. The molecular formula is C17H22N4O2. The van der Waals surface area contributed by atoms with Gasteiger partial charge in [-0.25, -0.2) is 4.98 Å². The van der Waals surface area contributed by atoms with Gasteiger partial charge in [-0.15, -0.1) is 0 Å². The quantitative estimate of drug-likeness (QED) is 0.839. The fourth-order valence-corrected chi connectivity index (χ4v) is 3.14. The van der Waals surface area contributed by atoms with E-state index in [0.717, 1.165) is 75.3 Å². The third-order valence-electron chi connectivity index (χ3n) is 4.42. The summed E-state index contributed by atoms with van der Waals surface area (Å²) < 4.78 is 10.9. The Kier molecular flexibility index (Phi) is 4.01. The van der Waals surface area contributed by atoms with Crippen molar-refractivity contribution >= 4 is 22.7 Å². The van der Waals surface area contributed by atoms with Gasteiger partial charge in [0.1, 0.15) is 5.82 Å². The average Bonchev–Trinajstić information content (AvgIpc) is 2.62. The van der Waals surface area contributed by atoms with Crippen LogP contribution in [-0.4, -0.2) is 62.6 Å². The van der Waals surface area contributed by atoms with Crippen LogP contribution in [0, 0.1) is 6.92 Å². The maximum atomic E-state index is 5.49. The molecule has 1 aromatic heterocycles. The van der Waals surface area contributed by atoms with E-state index in [2.05, 4.69) is 34.9 Å². The van der Waals surface area contributed by atoms with E-state index in [9.17, 15) is 0 Å². The summed E-state index contributed by atoms with van der Waals surface area (Å²) in [5.41, 5.74) is 2.24. The molecule has 6 heteroatoms. The Morgan fingerprint density at radius 2 is 1.52 bits per heavy atom. The molecule has 0 atom stereocenters. The topological polar surface area (TPSA) is 50.7 Å². The second-order valence-electron chi connectivity index (χ2n) is 6.07. The molecule has 0 radical (unpaired) electrons. The first-order valence-electron chi connectivity index (χ1n) is 8.25. The van der Waals surface area contributed by atoms with Crippen molar-refractivity contribution in [1.82, 2.24) is 9.97 Å². The first-order chi connectivity index (χ1) is 11.3. The van der Waals surface area contributed by atoms with Gasteiger partial charge >= 0.3 is 0 Å². The van der Waals surface area contributed by atoms with Crippen LogP contribution in [0.25, 0.3) is 10.9 Å². The highest BCUT2D eigenvalue weighted by atomic mass is 16.5. The number of aromatic nitrogens is 2. The van der Waals surface area contributed by atoms with Crippen molar-refractivity contribution in [2.45, 2.75) is 6.92 Å². The zero-order chi connectivity index (χ0) is 15.6. The van der Waals surface area contributed by atoms with Crippen LogP contribution in [0.4, 0.5) is 11.8 Å². The highest BCUT2D eigenvalue weighted by Crippen LogP contribution is 2.28. The molecule has 2 aromatic rings. The van der Waals surface area contributed by atoms with Crippen LogP contribution in [-0.2, 0) is 9.47 Å². The third-order valence-corrected chi connectivity index (χ3v) is 4.42. The maximum Gasteiger partial charge on any atom is 0.228 e. The number of ether oxygens (including phenoxy) is 2. The van der Waals surface area contributed by atoms with Gasteiger partial charge in [-0.3, -0.25) is 0 Å². The van der Waals surface area contributed by atoms with Crippen LogP contribution in [0.2, 0.25) is 0 Å². The lowest BCUT2D eigenvalue weighted by atomic mass is 10.1. The Balaban J connectivity index is 1.80. The van der Waals surface area contributed by atoms with E-state index >= 15 is 0 Å². The van der Waals surface area contributed by atoms with Crippen molar-refractivity contribution in [2.75, 3.05) is 62.4 Å². The predicted molar refractivity (Wildman–Crippen MR) is 90.3 cm³/mol. The van der Waals surface area contributed by atoms with Crippen molar-refractivity contribution in [2.24, 2.45) is 0 Å². The minimum absolute atomic E-state index is 0.738. The van der Waals surface area contributed by atoms with Gasteiger partial charge in [0.2, 0.25) is 5.95 Å². The molecule has 2 fully saturated rings. The molecule has 3 heterocycles. The van der Waals surface area contributed by atoms with Gasteiger partial charge in [0.25, 0.3) is 0 Å². The van der Waals surface area contributed by atoms with E-state index in [1.165, 1.54) is 5.56 Å². The minimum atomic E-state index is 0.738. The van der Waals surface area contributed by atoms with E-state index in [-0.39, 0.29) is 0 Å². The molecule has 6 nitrogen and oxygen atoms in total. The van der Waals surface area contributed by atoms with Gasteiger partial charge in [-0.2, -0.15) is 4.98 Å². The van der Waals surface area contributed by atoms with Crippen molar-refractivity contribution < 1.29 is 9.47 Å². The largest absolute Gasteiger partial charge is 0.378 e. The Morgan fingerprint density at radius 3 is 2.22 bits per heavy atom. The van der Waals surface area contributed by atoms with Crippen molar-refractivity contribution in [3.63, 3.8) is 0 Å². The Morgan fingerprint density at radius 1 is 0.870 bits per heavy atom. The SMILES string of the molecule is Cc1ccc2nc(N3CCOCC3)nc(N3CCOCC3)c2c1. The van der Waals surface area contributed by atoms with E-state index in [4.69, 9.17) is 19.4 Å². The summed E-state index contributed by atoms with van der Waals surface area (Å²) in [5, 5.41) is 1.13. The first kappa shape index (κ1) is 14.7. The molecule has 2 aliphatic rings. The molecule has 0 unspecified atom stereocenters. The summed E-state index contributed by atoms with van der Waals surface area (Å²) in [6, 6.07) is 6.39. The number of hydrogen-bond acceptors (Lipinski definition) is 6. The summed E-state index contributed by atoms with van der Waals surface area (Å²) in [6.07, 6.45) is 0. The summed E-state index contributed by atoms with van der Waals surface area (Å²) in [7, 11) is 0. The van der Waals surface area contributed by atoms with Crippen LogP contribution in [0.15, 0.2) is 18.2 Å². The fourth-order valence-electron chi connectivity index (χ4n) is 3.14. The molecule has 4 rings (SSSR count). The highest BCUT2D eigenvalue weighted by Gasteiger charge is 2.20. The van der Waals surface area contributed by atoms with Crippen LogP contribution in [0.1, 0.15) is 5.56 Å². The molecule has 2 saturated heterocycles. The molecule has 0 saturated carbocycles. The number of morpholine rings is 2. The molecule has 0 spiro atoms. The lowest BCUT2D eigenvalue weighted by Gasteiger charge is -2.31. The molecule has 0 bridgehead atoms. The Labute approximate surface area is 136 Å². The first-order valence-corrected chi connectivity index (χ1v) is 8.25. The number of nitrogens with zero attached hydrogens (tertiary/aromatic N) is 4. The number of benzene rings is 1. The van der Waals surface area contributed by atoms with Gasteiger partial charge < -0.3 is 19.3 Å². The molecule has 2 aliphatic heterocycles. The van der Waals surface area contributed by atoms with Crippen molar-refractivity contribution in [1.29, 1.82) is 0 Å². The standard InChI is InChI=1S/C17H22N4O2/c1-13-2-3-15-14(12-13)16(20-4-8-22-9-5-20)19-17(18-15)21-6-10-23-11-7-21/h2-3,12H,4-11H2,1H3. The summed E-state index contributed by atoms with van der Waals surface area (Å²) >= 11 is 0. The number of fused-ring (bicyclic) bond motifs is 1. The summed E-state index contributed by atoms with van der Waals surface area (Å²) in [5.74, 6) is 1.84. The molecule has 23 heavy (non-hydrogen) atoms. The van der Waals surface area contributed by atoms with Crippen LogP contribution in [0.5, 0.6) is 0 Å². The van der Waals surface area contributed by atoms with Crippen LogP contribution >= 0.6 is 0 Å². The Bertz CT molecular complexity index is 694. The van der Waals surface area contributed by atoms with Gasteiger partial charge in [-0.05, 0) is 19.1 Å². The number of aryl methyl sites for hydroxylation is 1. The fraction of sp³-hybridized carbons (Fsp3) is 0.529. The zero-order valence-electron chi connectivity index (χ0n) is 13.5. The second-order valence-corrected chi connectivity index (χ2v) is 6.07. The average molecular weight is 314 g/mol. The molecule has 122 valence electrons. The molecule has 1 aromatic carbocycles. The molecular weight excluding hydrogens is 292 g/mol. The van der Waals surface area contributed by atoms with Crippen LogP contribution < -0.4 is 9.80 Å². The van der Waals surface area contributed by atoms with Gasteiger partial charge in [-0.1, -0.05) is 11.6 Å². The predicted octanol–water partition coefficient (Wildman–Crippen LogP) is 1.61. The van der Waals surface area contributed by atoms with Crippen LogP contribution in [0.3, 0.4) is 0 Å². The molecule has 0 aliphatic carbocycles. The zero-order valence-corrected chi connectivity index (χ0v) is 13.5. The molecule has 0 amide bonds. The highest BCUT2D eigenvalue weighted by molar-refractivity contribution is 5.91. The normalized spacial score (nSPS) is 19.3. The number of anilines is 2. The van der Waals surface area contributed by atoms with E-state index in [1.807, 2.05) is 0 Å². The lowest BCUT2D eigenvalue weighted by molar-refractivity contribution is 0.121. The summed E-state index contributed by atoms with van der Waals surface area (Å²) in [4.78, 5) is 14.2. The summed E-state index contributed by atoms with van der Waals surface area (Å²) in [6.45, 7) is 8.54. The van der Waals surface area contributed by atoms with E-state index < -0.39 is 0 Å². The van der Waals surface area contributed by atoms with Crippen molar-refractivity contribution in [3.05, 3.63) is 23.8 Å². The lowest BCUT2D eigenvalue weighted by Crippen LogP contribution is -2.39. The van der Waals surface area contributed by atoms with E-state index in [0.29, 0.717) is 0 Å². The van der Waals surface area contributed by atoms with Crippen molar-refractivity contribution in [3.8, 4) is 0 Å². The number of rotatable bonds is 2. The number of hydrogen-bond donors (Lipinski definition) is 0. The maximum absolute atomic E-state index is 5.49. The second kappa shape index (κ2) is 6.29. The Hall–Kier alpha value is -1.92. The van der Waals surface area contributed by atoms with Gasteiger partial charge in [0.05, 0.1) is 31.9 Å². The van der Waals surface area contributed by atoms with E-state index in [1.54, 1.807) is 0 Å².